The highest BCUT2D eigenvalue weighted by atomic mass is 35.5. The Morgan fingerprint density at radius 2 is 1.94 bits per heavy atom. The lowest BCUT2D eigenvalue weighted by atomic mass is 10.3. The lowest BCUT2D eigenvalue weighted by Gasteiger charge is -2.10. The van der Waals surface area contributed by atoms with Crippen molar-refractivity contribution >= 4 is 23.2 Å². The maximum absolute atomic E-state index is 11.8. The summed E-state index contributed by atoms with van der Waals surface area (Å²) in [6.07, 6.45) is -4.21. The summed E-state index contributed by atoms with van der Waals surface area (Å²) in [6, 6.07) is 4.65. The van der Waals surface area contributed by atoms with Crippen molar-refractivity contribution in [2.24, 2.45) is 0 Å². The largest absolute Gasteiger partial charge is 0.491 e. The molecule has 96 valence electrons. The summed E-state index contributed by atoms with van der Waals surface area (Å²) in [5, 5.41) is 3.00. The molecule has 0 spiro atoms. The number of ether oxygens (including phenoxy) is 1. The summed E-state index contributed by atoms with van der Waals surface area (Å²) in [6.45, 7) is -0.861. The van der Waals surface area contributed by atoms with Crippen molar-refractivity contribution in [3.8, 4) is 5.75 Å². The molecule has 0 fully saturated rings. The summed E-state index contributed by atoms with van der Waals surface area (Å²) >= 11 is 11.5. The van der Waals surface area contributed by atoms with Crippen molar-refractivity contribution in [2.45, 2.75) is 6.18 Å². The summed E-state index contributed by atoms with van der Waals surface area (Å²) in [5.41, 5.74) is 0. The zero-order valence-corrected chi connectivity index (χ0v) is 10.2. The minimum Gasteiger partial charge on any atom is -0.491 e. The fourth-order valence-electron chi connectivity index (χ4n) is 1.06. The lowest BCUT2D eigenvalue weighted by molar-refractivity contribution is -0.124. The van der Waals surface area contributed by atoms with Gasteiger partial charge in [-0.2, -0.15) is 13.2 Å². The third-order valence-electron chi connectivity index (χ3n) is 1.76. The van der Waals surface area contributed by atoms with Gasteiger partial charge in [0.2, 0.25) is 0 Å². The number of hydrogen-bond donors (Lipinski definition) is 1. The minimum atomic E-state index is -4.21. The van der Waals surface area contributed by atoms with Crippen LogP contribution in [-0.4, -0.2) is 25.9 Å². The number of hydrogen-bond acceptors (Lipinski definition) is 2. The Balaban J connectivity index is 2.27. The van der Waals surface area contributed by atoms with Crippen LogP contribution in [0.3, 0.4) is 0 Å². The van der Waals surface area contributed by atoms with E-state index in [0.717, 1.165) is 0 Å². The zero-order chi connectivity index (χ0) is 12.9. The number of halogens is 5. The van der Waals surface area contributed by atoms with E-state index in [2.05, 4.69) is 5.32 Å². The molecule has 0 amide bonds. The predicted molar refractivity (Wildman–Crippen MR) is 60.9 cm³/mol. The summed E-state index contributed by atoms with van der Waals surface area (Å²) in [5.74, 6) is 0.393. The Morgan fingerprint density at radius 3 is 2.53 bits per heavy atom. The van der Waals surface area contributed by atoms with Crippen LogP contribution in [0.2, 0.25) is 10.0 Å². The summed E-state index contributed by atoms with van der Waals surface area (Å²) in [7, 11) is 0. The lowest BCUT2D eigenvalue weighted by Crippen LogP contribution is -2.31. The molecule has 0 bridgehead atoms. The second-order valence-corrected chi connectivity index (χ2v) is 4.06. The van der Waals surface area contributed by atoms with Gasteiger partial charge in [-0.3, -0.25) is 0 Å². The van der Waals surface area contributed by atoms with Crippen LogP contribution in [0, 0.1) is 0 Å². The Kier molecular flexibility index (Phi) is 5.36. The van der Waals surface area contributed by atoms with Crippen LogP contribution >= 0.6 is 23.2 Å². The Hall–Kier alpha value is -0.650. The molecule has 0 saturated carbocycles. The van der Waals surface area contributed by atoms with E-state index in [1.165, 1.54) is 6.07 Å². The normalized spacial score (nSPS) is 11.6. The molecule has 0 saturated heterocycles. The molecular formula is C10H10Cl2F3NO. The van der Waals surface area contributed by atoms with Gasteiger partial charge >= 0.3 is 6.18 Å². The van der Waals surface area contributed by atoms with Gasteiger partial charge in [0.05, 0.1) is 11.6 Å². The number of rotatable bonds is 5. The SMILES string of the molecule is FC(F)(F)CNCCOc1ccc(Cl)cc1Cl. The van der Waals surface area contributed by atoms with Gasteiger partial charge in [-0.15, -0.1) is 0 Å². The van der Waals surface area contributed by atoms with Crippen LogP contribution in [0.15, 0.2) is 18.2 Å². The molecule has 0 aliphatic carbocycles. The monoisotopic (exact) mass is 287 g/mol. The first-order valence-electron chi connectivity index (χ1n) is 4.74. The van der Waals surface area contributed by atoms with Gasteiger partial charge in [0.1, 0.15) is 12.4 Å². The molecule has 0 unspecified atom stereocenters. The third-order valence-corrected chi connectivity index (χ3v) is 2.29. The highest BCUT2D eigenvalue weighted by Crippen LogP contribution is 2.27. The van der Waals surface area contributed by atoms with Crippen molar-refractivity contribution in [1.82, 2.24) is 5.32 Å². The molecule has 0 radical (unpaired) electrons. The van der Waals surface area contributed by atoms with Gasteiger partial charge in [-0.1, -0.05) is 23.2 Å². The van der Waals surface area contributed by atoms with Gasteiger partial charge in [-0.05, 0) is 18.2 Å². The van der Waals surface area contributed by atoms with Crippen LogP contribution in [0.5, 0.6) is 5.75 Å². The van der Waals surface area contributed by atoms with E-state index in [1.807, 2.05) is 0 Å². The minimum absolute atomic E-state index is 0.0818. The second kappa shape index (κ2) is 6.33. The molecule has 1 N–H and O–H groups in total. The highest BCUT2D eigenvalue weighted by Gasteiger charge is 2.25. The van der Waals surface area contributed by atoms with Crippen molar-refractivity contribution in [3.63, 3.8) is 0 Å². The number of benzene rings is 1. The highest BCUT2D eigenvalue weighted by molar-refractivity contribution is 6.35. The fourth-order valence-corrected chi connectivity index (χ4v) is 1.52. The number of alkyl halides is 3. The maximum Gasteiger partial charge on any atom is 0.401 e. The van der Waals surface area contributed by atoms with Crippen molar-refractivity contribution in [1.29, 1.82) is 0 Å². The Morgan fingerprint density at radius 1 is 1.24 bits per heavy atom. The van der Waals surface area contributed by atoms with Crippen LogP contribution < -0.4 is 10.1 Å². The van der Waals surface area contributed by atoms with E-state index < -0.39 is 12.7 Å². The van der Waals surface area contributed by atoms with E-state index in [9.17, 15) is 13.2 Å². The molecule has 0 atom stereocenters. The summed E-state index contributed by atoms with van der Waals surface area (Å²) < 4.78 is 40.5. The smallest absolute Gasteiger partial charge is 0.401 e. The predicted octanol–water partition coefficient (Wildman–Crippen LogP) is 3.52. The second-order valence-electron chi connectivity index (χ2n) is 3.22. The first-order chi connectivity index (χ1) is 7.88. The Labute approximate surface area is 107 Å². The average molecular weight is 288 g/mol. The van der Waals surface area contributed by atoms with Gasteiger partial charge in [0.25, 0.3) is 0 Å². The number of nitrogens with one attached hydrogen (secondary N) is 1. The van der Waals surface area contributed by atoms with E-state index >= 15 is 0 Å². The average Bonchev–Trinajstić information content (AvgIpc) is 2.18. The Bertz CT molecular complexity index is 371. The molecule has 1 aromatic carbocycles. The molecule has 7 heteroatoms. The molecule has 2 nitrogen and oxygen atoms in total. The molecule has 0 heterocycles. The topological polar surface area (TPSA) is 21.3 Å². The van der Waals surface area contributed by atoms with E-state index in [-0.39, 0.29) is 13.2 Å². The first kappa shape index (κ1) is 14.4. The van der Waals surface area contributed by atoms with Crippen LogP contribution in [0.1, 0.15) is 0 Å². The third kappa shape index (κ3) is 6.00. The van der Waals surface area contributed by atoms with Gasteiger partial charge in [0.15, 0.2) is 0 Å². The standard InChI is InChI=1S/C10H10Cl2F3NO/c11-7-1-2-9(8(12)5-7)17-4-3-16-6-10(13,14)15/h1-2,5,16H,3-4,6H2. The zero-order valence-electron chi connectivity index (χ0n) is 8.65. The molecule has 17 heavy (non-hydrogen) atoms. The van der Waals surface area contributed by atoms with Crippen LogP contribution in [-0.2, 0) is 0 Å². The van der Waals surface area contributed by atoms with Crippen molar-refractivity contribution < 1.29 is 17.9 Å². The molecule has 1 aromatic rings. The molecule has 0 aromatic heterocycles. The molecule has 0 aliphatic rings. The molecule has 1 rings (SSSR count). The van der Waals surface area contributed by atoms with Gasteiger partial charge < -0.3 is 10.1 Å². The van der Waals surface area contributed by atoms with E-state index in [0.29, 0.717) is 15.8 Å². The quantitative estimate of drug-likeness (QED) is 0.837. The van der Waals surface area contributed by atoms with Crippen molar-refractivity contribution in [2.75, 3.05) is 19.7 Å². The van der Waals surface area contributed by atoms with Gasteiger partial charge in [-0.25, -0.2) is 0 Å². The van der Waals surface area contributed by atoms with Gasteiger partial charge in [0, 0.05) is 11.6 Å². The van der Waals surface area contributed by atoms with Crippen LogP contribution in [0.25, 0.3) is 0 Å². The maximum atomic E-state index is 11.8. The van der Waals surface area contributed by atoms with E-state index in [1.54, 1.807) is 12.1 Å². The first-order valence-corrected chi connectivity index (χ1v) is 5.49. The molecule has 0 aliphatic heterocycles. The van der Waals surface area contributed by atoms with E-state index in [4.69, 9.17) is 27.9 Å². The molecular weight excluding hydrogens is 278 g/mol. The fraction of sp³-hybridized carbons (Fsp3) is 0.400. The van der Waals surface area contributed by atoms with Crippen LogP contribution in [0.4, 0.5) is 13.2 Å². The summed E-state index contributed by atoms with van der Waals surface area (Å²) in [4.78, 5) is 0. The van der Waals surface area contributed by atoms with Crippen molar-refractivity contribution in [3.05, 3.63) is 28.2 Å².